The zero-order chi connectivity index (χ0) is 14.5. The van der Waals surface area contributed by atoms with Crippen molar-refractivity contribution < 1.29 is 23.4 Å². The third-order valence-electron chi connectivity index (χ3n) is 2.46. The zero-order valence-corrected chi connectivity index (χ0v) is 11.7. The van der Waals surface area contributed by atoms with E-state index in [0.29, 0.717) is 10.0 Å². The average molecular weight is 342 g/mol. The third-order valence-corrected chi connectivity index (χ3v) is 3.23. The summed E-state index contributed by atoms with van der Waals surface area (Å²) in [6.45, 7) is -1.02. The van der Waals surface area contributed by atoms with E-state index < -0.39 is 12.7 Å². The van der Waals surface area contributed by atoms with E-state index in [-0.39, 0.29) is 31.9 Å². The van der Waals surface area contributed by atoms with E-state index in [1.54, 1.807) is 6.07 Å². The van der Waals surface area contributed by atoms with Crippen LogP contribution in [0, 0.1) is 0 Å². The molecule has 0 saturated carbocycles. The molecule has 7 heteroatoms. The molecule has 0 saturated heterocycles. The van der Waals surface area contributed by atoms with Crippen LogP contribution in [0.5, 0.6) is 5.75 Å². The normalized spacial score (nSPS) is 12.1. The number of nitrogens with zero attached hydrogens (tertiary/aromatic N) is 1. The summed E-state index contributed by atoms with van der Waals surface area (Å²) in [4.78, 5) is 1.19. The largest absolute Gasteiger partial charge is 0.508 e. The molecular formula is C12H15BrF3NO2. The van der Waals surface area contributed by atoms with Crippen LogP contribution in [0.2, 0.25) is 0 Å². The highest BCUT2D eigenvalue weighted by Crippen LogP contribution is 2.25. The first-order valence-electron chi connectivity index (χ1n) is 5.69. The number of phenols is 1. The summed E-state index contributed by atoms with van der Waals surface area (Å²) in [5.74, 6) is 0.00677. The van der Waals surface area contributed by atoms with Crippen molar-refractivity contribution >= 4 is 15.9 Å². The van der Waals surface area contributed by atoms with E-state index in [0.717, 1.165) is 0 Å². The molecule has 0 bridgehead atoms. The molecule has 0 amide bonds. The van der Waals surface area contributed by atoms with Gasteiger partial charge in [0.1, 0.15) is 5.75 Å². The average Bonchev–Trinajstić information content (AvgIpc) is 2.29. The van der Waals surface area contributed by atoms with Gasteiger partial charge < -0.3 is 10.2 Å². The summed E-state index contributed by atoms with van der Waals surface area (Å²) in [6, 6.07) is 4.46. The van der Waals surface area contributed by atoms with Crippen molar-refractivity contribution in [3.63, 3.8) is 0 Å². The predicted molar refractivity (Wildman–Crippen MR) is 68.8 cm³/mol. The molecule has 0 aromatic heterocycles. The Labute approximate surface area is 117 Å². The number of phenolic OH excluding ortho intramolecular Hbond substituents is 1. The Morgan fingerprint density at radius 2 is 1.95 bits per heavy atom. The summed E-state index contributed by atoms with van der Waals surface area (Å²) < 4.78 is 38.0. The maximum Gasteiger partial charge on any atom is 0.401 e. The van der Waals surface area contributed by atoms with Gasteiger partial charge in [0.25, 0.3) is 0 Å². The minimum atomic E-state index is -4.29. The standard InChI is InChI=1S/C12H15BrF3NO2/c13-11-3-2-10(19)6-9(11)7-17(4-1-5-18)8-12(14,15)16/h2-3,6,18-19H,1,4-5,7-8H2. The van der Waals surface area contributed by atoms with Gasteiger partial charge in [-0.15, -0.1) is 0 Å². The molecule has 0 spiro atoms. The third kappa shape index (κ3) is 6.26. The number of alkyl halides is 3. The molecule has 0 fully saturated rings. The van der Waals surface area contributed by atoms with Crippen molar-refractivity contribution in [1.29, 1.82) is 0 Å². The van der Waals surface area contributed by atoms with Crippen LogP contribution in [0.4, 0.5) is 13.2 Å². The van der Waals surface area contributed by atoms with E-state index in [2.05, 4.69) is 15.9 Å². The lowest BCUT2D eigenvalue weighted by molar-refractivity contribution is -0.147. The van der Waals surface area contributed by atoms with Gasteiger partial charge in [-0.2, -0.15) is 13.2 Å². The lowest BCUT2D eigenvalue weighted by Crippen LogP contribution is -2.35. The van der Waals surface area contributed by atoms with E-state index in [1.165, 1.54) is 17.0 Å². The molecule has 0 atom stereocenters. The van der Waals surface area contributed by atoms with Gasteiger partial charge in [0, 0.05) is 24.2 Å². The van der Waals surface area contributed by atoms with Gasteiger partial charge in [-0.3, -0.25) is 4.90 Å². The number of benzene rings is 1. The summed E-state index contributed by atoms with van der Waals surface area (Å²) in [5.41, 5.74) is 0.571. The monoisotopic (exact) mass is 341 g/mol. The number of aliphatic hydroxyl groups excluding tert-OH is 1. The first-order chi connectivity index (χ1) is 8.81. The molecule has 1 aromatic rings. The molecule has 2 N–H and O–H groups in total. The maximum absolute atomic E-state index is 12.5. The summed E-state index contributed by atoms with van der Waals surface area (Å²) >= 11 is 3.24. The highest BCUT2D eigenvalue weighted by atomic mass is 79.9. The number of rotatable bonds is 6. The van der Waals surface area contributed by atoms with Gasteiger partial charge in [-0.1, -0.05) is 15.9 Å². The van der Waals surface area contributed by atoms with Crippen LogP contribution < -0.4 is 0 Å². The van der Waals surface area contributed by atoms with Gasteiger partial charge in [-0.05, 0) is 30.2 Å². The molecule has 3 nitrogen and oxygen atoms in total. The van der Waals surface area contributed by atoms with Crippen LogP contribution in [0.25, 0.3) is 0 Å². The van der Waals surface area contributed by atoms with Crippen LogP contribution in [-0.4, -0.2) is 41.0 Å². The maximum atomic E-state index is 12.5. The highest BCUT2D eigenvalue weighted by Gasteiger charge is 2.30. The van der Waals surface area contributed by atoms with Crippen molar-refractivity contribution in [3.05, 3.63) is 28.2 Å². The van der Waals surface area contributed by atoms with Gasteiger partial charge >= 0.3 is 6.18 Å². The van der Waals surface area contributed by atoms with Crippen molar-refractivity contribution in [3.8, 4) is 5.75 Å². The van der Waals surface area contributed by atoms with Crippen LogP contribution in [0.15, 0.2) is 22.7 Å². The van der Waals surface area contributed by atoms with E-state index in [4.69, 9.17) is 5.11 Å². The second-order valence-electron chi connectivity index (χ2n) is 4.18. The minimum Gasteiger partial charge on any atom is -0.508 e. The smallest absolute Gasteiger partial charge is 0.401 e. The van der Waals surface area contributed by atoms with E-state index in [1.807, 2.05) is 0 Å². The molecule has 1 aromatic carbocycles. The SMILES string of the molecule is OCCCN(Cc1cc(O)ccc1Br)CC(F)(F)F. The van der Waals surface area contributed by atoms with E-state index in [9.17, 15) is 18.3 Å². The molecule has 0 radical (unpaired) electrons. The fraction of sp³-hybridized carbons (Fsp3) is 0.500. The molecule has 108 valence electrons. The first-order valence-corrected chi connectivity index (χ1v) is 6.48. The lowest BCUT2D eigenvalue weighted by atomic mass is 10.2. The molecule has 19 heavy (non-hydrogen) atoms. The van der Waals surface area contributed by atoms with Crippen LogP contribution in [0.3, 0.4) is 0 Å². The zero-order valence-electron chi connectivity index (χ0n) is 10.1. The van der Waals surface area contributed by atoms with Crippen molar-refractivity contribution in [2.45, 2.75) is 19.1 Å². The number of aromatic hydroxyl groups is 1. The molecule has 0 unspecified atom stereocenters. The fourth-order valence-corrected chi connectivity index (χ4v) is 2.06. The van der Waals surface area contributed by atoms with Crippen molar-refractivity contribution in [1.82, 2.24) is 4.90 Å². The molecule has 1 rings (SSSR count). The molecule has 0 aliphatic carbocycles. The Hall–Kier alpha value is -0.790. The van der Waals surface area contributed by atoms with Crippen LogP contribution in [0.1, 0.15) is 12.0 Å². The molecule has 0 aliphatic heterocycles. The minimum absolute atomic E-state index is 0.00677. The van der Waals surface area contributed by atoms with Crippen molar-refractivity contribution in [2.75, 3.05) is 19.7 Å². The van der Waals surface area contributed by atoms with Crippen LogP contribution >= 0.6 is 15.9 Å². The van der Waals surface area contributed by atoms with Gasteiger partial charge in [0.05, 0.1) is 6.54 Å². The summed E-state index contributed by atoms with van der Waals surface area (Å²) in [7, 11) is 0. The number of aliphatic hydroxyl groups is 1. The molecule has 0 heterocycles. The molecule has 0 aliphatic rings. The van der Waals surface area contributed by atoms with Crippen molar-refractivity contribution in [2.24, 2.45) is 0 Å². The Morgan fingerprint density at radius 1 is 1.26 bits per heavy atom. The van der Waals surface area contributed by atoms with Gasteiger partial charge in [0.2, 0.25) is 0 Å². The number of hydrogen-bond acceptors (Lipinski definition) is 3. The Morgan fingerprint density at radius 3 is 2.53 bits per heavy atom. The topological polar surface area (TPSA) is 43.7 Å². The predicted octanol–water partition coefficient (Wildman–Crippen LogP) is 2.90. The number of halogens is 4. The number of hydrogen-bond donors (Lipinski definition) is 2. The highest BCUT2D eigenvalue weighted by molar-refractivity contribution is 9.10. The second kappa shape index (κ2) is 7.12. The Kier molecular flexibility index (Phi) is 6.09. The lowest BCUT2D eigenvalue weighted by Gasteiger charge is -2.24. The van der Waals surface area contributed by atoms with Gasteiger partial charge in [0.15, 0.2) is 0 Å². The van der Waals surface area contributed by atoms with Crippen LogP contribution in [-0.2, 0) is 6.54 Å². The second-order valence-corrected chi connectivity index (χ2v) is 5.03. The first kappa shape index (κ1) is 16.3. The Bertz CT molecular complexity index is 412. The molecular weight excluding hydrogens is 327 g/mol. The summed E-state index contributed by atoms with van der Waals surface area (Å²) in [5, 5.41) is 18.1. The van der Waals surface area contributed by atoms with E-state index >= 15 is 0 Å². The Balaban J connectivity index is 2.78. The summed E-state index contributed by atoms with van der Waals surface area (Å²) in [6.07, 6.45) is -4.02. The quantitative estimate of drug-likeness (QED) is 0.836. The van der Waals surface area contributed by atoms with Gasteiger partial charge in [-0.25, -0.2) is 0 Å². The fourth-order valence-electron chi connectivity index (χ4n) is 1.69.